The maximum atomic E-state index is 2.67. The first-order valence-corrected chi connectivity index (χ1v) is 15.1. The van der Waals surface area contributed by atoms with E-state index in [1.807, 2.05) is 9.80 Å². The molecule has 0 spiro atoms. The van der Waals surface area contributed by atoms with Gasteiger partial charge in [-0.05, 0) is 37.8 Å². The molecule has 0 aromatic heterocycles. The number of benzene rings is 1. The standard InChI is InChI=1S/C26H48N2P/c1-8-19-25(10-3,11-4)27-21-28(26(12-5,13-6)20-9-2)23-29(7,22-27)24-17-15-14-16-18-24/h14-18H,8-13,19-23H2,1-7H3/q+1/p+2. The van der Waals surface area contributed by atoms with Crippen molar-refractivity contribution in [1.29, 1.82) is 0 Å². The molecule has 1 fully saturated rings. The van der Waals surface area contributed by atoms with E-state index in [1.165, 1.54) is 70.6 Å². The first kappa shape index (κ1) is 24.8. The topological polar surface area (TPSA) is 8.88 Å². The summed E-state index contributed by atoms with van der Waals surface area (Å²) in [5.74, 6) is 0. The van der Waals surface area contributed by atoms with E-state index in [0.717, 1.165) is 0 Å². The summed E-state index contributed by atoms with van der Waals surface area (Å²) in [4.78, 5) is 3.85. The highest BCUT2D eigenvalue weighted by molar-refractivity contribution is 7.81. The third kappa shape index (κ3) is 5.08. The van der Waals surface area contributed by atoms with E-state index >= 15 is 0 Å². The largest absolute Gasteiger partial charge is 0.252 e. The highest BCUT2D eigenvalue weighted by atomic mass is 31.2. The van der Waals surface area contributed by atoms with Crippen molar-refractivity contribution in [2.24, 2.45) is 0 Å². The molecule has 2 atom stereocenters. The molecule has 1 aromatic carbocycles. The summed E-state index contributed by atoms with van der Waals surface area (Å²) < 4.78 is 0. The summed E-state index contributed by atoms with van der Waals surface area (Å²) in [5, 5.41) is 1.66. The van der Waals surface area contributed by atoms with Gasteiger partial charge in [-0.15, -0.1) is 0 Å². The fourth-order valence-corrected chi connectivity index (χ4v) is 10.4. The summed E-state index contributed by atoms with van der Waals surface area (Å²) in [6.07, 6.45) is 13.4. The number of rotatable bonds is 11. The van der Waals surface area contributed by atoms with Crippen molar-refractivity contribution in [3.63, 3.8) is 0 Å². The minimum absolute atomic E-state index is 0.454. The van der Waals surface area contributed by atoms with Gasteiger partial charge in [-0.2, -0.15) is 0 Å². The highest BCUT2D eigenvalue weighted by Gasteiger charge is 2.57. The summed E-state index contributed by atoms with van der Waals surface area (Å²) in [6.45, 7) is 18.6. The molecular weight excluding hydrogens is 371 g/mol. The summed E-state index contributed by atoms with van der Waals surface area (Å²) in [5.41, 5.74) is 0.909. The van der Waals surface area contributed by atoms with E-state index in [1.54, 1.807) is 5.30 Å². The van der Waals surface area contributed by atoms with Crippen molar-refractivity contribution in [1.82, 2.24) is 0 Å². The Balaban J connectivity index is 2.53. The Kier molecular flexibility index (Phi) is 9.20. The van der Waals surface area contributed by atoms with Crippen molar-refractivity contribution >= 4 is 12.6 Å². The van der Waals surface area contributed by atoms with Crippen molar-refractivity contribution in [3.05, 3.63) is 30.3 Å². The first-order chi connectivity index (χ1) is 13.9. The van der Waals surface area contributed by atoms with Gasteiger partial charge in [0.15, 0.2) is 19.8 Å². The smallest absolute Gasteiger partial charge is 0.210 e. The molecule has 0 radical (unpaired) electrons. The van der Waals surface area contributed by atoms with Gasteiger partial charge in [0.1, 0.15) is 16.4 Å². The van der Waals surface area contributed by atoms with Gasteiger partial charge in [0.25, 0.3) is 0 Å². The molecule has 29 heavy (non-hydrogen) atoms. The predicted octanol–water partition coefficient (Wildman–Crippen LogP) is 4.33. The molecule has 1 aliphatic heterocycles. The number of quaternary nitrogens is 2. The molecule has 166 valence electrons. The molecule has 2 rings (SSSR count). The second kappa shape index (κ2) is 10.7. The molecular formula is C26H50N2P+3. The van der Waals surface area contributed by atoms with Crippen molar-refractivity contribution < 1.29 is 9.80 Å². The average Bonchev–Trinajstić information content (AvgIpc) is 2.76. The maximum Gasteiger partial charge on any atom is 0.210 e. The Morgan fingerprint density at radius 3 is 1.48 bits per heavy atom. The Morgan fingerprint density at radius 2 is 1.14 bits per heavy atom. The van der Waals surface area contributed by atoms with Crippen LogP contribution in [0.2, 0.25) is 0 Å². The van der Waals surface area contributed by atoms with Gasteiger partial charge >= 0.3 is 0 Å². The van der Waals surface area contributed by atoms with Crippen LogP contribution >= 0.6 is 7.26 Å². The van der Waals surface area contributed by atoms with Crippen LogP contribution in [0.1, 0.15) is 92.9 Å². The number of hydrogen-bond acceptors (Lipinski definition) is 0. The zero-order valence-electron chi connectivity index (χ0n) is 20.6. The lowest BCUT2D eigenvalue weighted by molar-refractivity contribution is -1.13. The van der Waals surface area contributed by atoms with Crippen LogP contribution in [0.5, 0.6) is 0 Å². The van der Waals surface area contributed by atoms with Crippen LogP contribution in [0.4, 0.5) is 0 Å². The van der Waals surface area contributed by atoms with E-state index in [4.69, 9.17) is 0 Å². The van der Waals surface area contributed by atoms with Crippen LogP contribution in [-0.2, 0) is 0 Å². The van der Waals surface area contributed by atoms with E-state index < -0.39 is 7.26 Å². The van der Waals surface area contributed by atoms with E-state index in [2.05, 4.69) is 78.5 Å². The van der Waals surface area contributed by atoms with Gasteiger partial charge in [0.2, 0.25) is 6.67 Å². The minimum Gasteiger partial charge on any atom is -0.252 e. The lowest BCUT2D eigenvalue weighted by Crippen LogP contribution is -3.40. The molecule has 0 amide bonds. The highest BCUT2D eigenvalue weighted by Crippen LogP contribution is 2.51. The third-order valence-corrected chi connectivity index (χ3v) is 12.3. The van der Waals surface area contributed by atoms with E-state index in [9.17, 15) is 0 Å². The molecule has 1 aliphatic rings. The first-order valence-electron chi connectivity index (χ1n) is 12.5. The summed E-state index contributed by atoms with van der Waals surface area (Å²) in [6, 6.07) is 11.6. The van der Waals surface area contributed by atoms with Crippen molar-refractivity contribution in [2.45, 2.75) is 104 Å². The Morgan fingerprint density at radius 1 is 0.724 bits per heavy atom. The maximum absolute atomic E-state index is 2.67. The molecule has 1 heterocycles. The summed E-state index contributed by atoms with van der Waals surface area (Å²) >= 11 is 0. The monoisotopic (exact) mass is 421 g/mol. The predicted molar refractivity (Wildman–Crippen MR) is 132 cm³/mol. The second-order valence-corrected chi connectivity index (χ2v) is 13.8. The number of hydrogen-bond donors (Lipinski definition) is 2. The molecule has 2 N–H and O–H groups in total. The SMILES string of the molecule is CCCC(CC)(CC)[NH+]1C[NH+](C(CC)(CC)CCC)C[P+](C)(c2ccccc2)C1. The molecule has 0 aliphatic carbocycles. The van der Waals surface area contributed by atoms with E-state index in [-0.39, 0.29) is 0 Å². The summed E-state index contributed by atoms with van der Waals surface area (Å²) in [7, 11) is -1.20. The van der Waals surface area contributed by atoms with Crippen molar-refractivity contribution in [3.8, 4) is 0 Å². The van der Waals surface area contributed by atoms with Gasteiger partial charge in [0, 0.05) is 12.8 Å². The molecule has 2 unspecified atom stereocenters. The Labute approximate surface area is 182 Å². The number of nitrogens with one attached hydrogen (secondary N) is 2. The molecule has 1 aromatic rings. The van der Waals surface area contributed by atoms with Gasteiger partial charge in [-0.1, -0.05) is 72.6 Å². The quantitative estimate of drug-likeness (QED) is 0.492. The van der Waals surface area contributed by atoms with Crippen LogP contribution in [0.3, 0.4) is 0 Å². The van der Waals surface area contributed by atoms with Crippen molar-refractivity contribution in [2.75, 3.05) is 25.9 Å². The normalized spacial score (nSPS) is 25.9. The van der Waals surface area contributed by atoms with Crippen LogP contribution in [0.25, 0.3) is 0 Å². The van der Waals surface area contributed by atoms with Crippen LogP contribution in [0, 0.1) is 0 Å². The fraction of sp³-hybridized carbons (Fsp3) is 0.769. The van der Waals surface area contributed by atoms with Gasteiger partial charge in [-0.3, -0.25) is 9.80 Å². The fourth-order valence-electron chi connectivity index (χ4n) is 6.47. The lowest BCUT2D eigenvalue weighted by atomic mass is 9.84. The zero-order valence-corrected chi connectivity index (χ0v) is 21.5. The molecule has 2 nitrogen and oxygen atoms in total. The van der Waals surface area contributed by atoms with Gasteiger partial charge < -0.3 is 0 Å². The Hall–Kier alpha value is -0.430. The minimum atomic E-state index is -1.20. The molecule has 0 saturated carbocycles. The molecule has 0 bridgehead atoms. The lowest BCUT2D eigenvalue weighted by Gasteiger charge is -2.50. The Bertz CT molecular complexity index is 562. The second-order valence-electron chi connectivity index (χ2n) is 9.91. The van der Waals surface area contributed by atoms with Crippen LogP contribution in [0.15, 0.2) is 30.3 Å². The van der Waals surface area contributed by atoms with Crippen LogP contribution < -0.4 is 15.1 Å². The van der Waals surface area contributed by atoms with Gasteiger partial charge in [-0.25, -0.2) is 0 Å². The molecule has 3 heteroatoms. The average molecular weight is 422 g/mol. The third-order valence-electron chi connectivity index (χ3n) is 8.55. The van der Waals surface area contributed by atoms with Crippen LogP contribution in [-0.4, -0.2) is 37.0 Å². The zero-order chi connectivity index (χ0) is 21.5. The van der Waals surface area contributed by atoms with E-state index in [0.29, 0.717) is 11.1 Å². The molecule has 1 saturated heterocycles. The van der Waals surface area contributed by atoms with Gasteiger partial charge in [0.05, 0.1) is 6.66 Å².